The summed E-state index contributed by atoms with van der Waals surface area (Å²) in [5.74, 6) is -0.113. The van der Waals surface area contributed by atoms with E-state index in [1.54, 1.807) is 6.20 Å². The second kappa shape index (κ2) is 8.31. The zero-order chi connectivity index (χ0) is 18.5. The van der Waals surface area contributed by atoms with Crippen LogP contribution in [0.4, 0.5) is 5.69 Å². The maximum atomic E-state index is 13.2. The van der Waals surface area contributed by atoms with E-state index in [0.717, 1.165) is 41.7 Å². The lowest BCUT2D eigenvalue weighted by Gasteiger charge is -2.30. The zero-order valence-corrected chi connectivity index (χ0v) is 15.5. The van der Waals surface area contributed by atoms with Crippen molar-refractivity contribution in [3.63, 3.8) is 0 Å². The van der Waals surface area contributed by atoms with Gasteiger partial charge in [0.25, 0.3) is 0 Å². The molecule has 1 atom stereocenters. The molecule has 1 unspecified atom stereocenters. The number of likely N-dealkylation sites (tertiary alicyclic amines) is 1. The number of amides is 1. The lowest BCUT2D eigenvalue weighted by molar-refractivity contribution is -0.118. The molecule has 1 aromatic heterocycles. The minimum absolute atomic E-state index is 0.0557. The Morgan fingerprint density at radius 1 is 1.00 bits per heavy atom. The number of nitrogens with zero attached hydrogens (tertiary/aromatic N) is 2. The van der Waals surface area contributed by atoms with Gasteiger partial charge >= 0.3 is 0 Å². The van der Waals surface area contributed by atoms with Gasteiger partial charge in [-0.2, -0.15) is 0 Å². The number of rotatable bonds is 5. The summed E-state index contributed by atoms with van der Waals surface area (Å²) in [7, 11) is 0. The Labute approximate surface area is 160 Å². The molecule has 0 radical (unpaired) electrons. The lowest BCUT2D eigenvalue weighted by atomic mass is 9.96. The second-order valence-corrected chi connectivity index (χ2v) is 7.25. The Bertz CT molecular complexity index is 904. The van der Waals surface area contributed by atoms with Crippen LogP contribution in [0.3, 0.4) is 0 Å². The molecule has 2 aromatic carbocycles. The molecule has 1 aliphatic rings. The van der Waals surface area contributed by atoms with Crippen LogP contribution in [0.25, 0.3) is 10.8 Å². The maximum Gasteiger partial charge on any atom is 0.233 e. The van der Waals surface area contributed by atoms with Gasteiger partial charge in [-0.05, 0) is 55.1 Å². The molecule has 3 aromatic rings. The van der Waals surface area contributed by atoms with E-state index in [1.807, 2.05) is 48.7 Å². The molecular weight excluding hydrogens is 334 g/mol. The third kappa shape index (κ3) is 4.34. The SMILES string of the molecule is O=C(Nc1ccc2cnccc2c1)C(CN1CCCCC1)c1ccccc1. The van der Waals surface area contributed by atoms with Crippen molar-refractivity contribution in [3.8, 4) is 0 Å². The van der Waals surface area contributed by atoms with Crippen molar-refractivity contribution in [1.29, 1.82) is 0 Å². The van der Waals surface area contributed by atoms with Crippen molar-refractivity contribution >= 4 is 22.4 Å². The predicted octanol–water partition coefficient (Wildman–Crippen LogP) is 4.44. The van der Waals surface area contributed by atoms with Gasteiger partial charge in [-0.15, -0.1) is 0 Å². The van der Waals surface area contributed by atoms with Gasteiger partial charge < -0.3 is 10.2 Å². The van der Waals surface area contributed by atoms with Gasteiger partial charge in [0.05, 0.1) is 5.92 Å². The molecule has 4 heteroatoms. The molecule has 1 fully saturated rings. The Balaban J connectivity index is 1.55. The highest BCUT2D eigenvalue weighted by atomic mass is 16.1. The number of carbonyl (C=O) groups is 1. The molecular formula is C23H25N3O. The van der Waals surface area contributed by atoms with Crippen molar-refractivity contribution in [3.05, 3.63) is 72.6 Å². The van der Waals surface area contributed by atoms with Crippen LogP contribution in [0, 0.1) is 0 Å². The van der Waals surface area contributed by atoms with E-state index in [1.165, 1.54) is 19.3 Å². The van der Waals surface area contributed by atoms with E-state index in [2.05, 4.69) is 27.3 Å². The summed E-state index contributed by atoms with van der Waals surface area (Å²) >= 11 is 0. The minimum atomic E-state index is -0.169. The normalized spacial score (nSPS) is 16.1. The molecule has 1 saturated heterocycles. The van der Waals surface area contributed by atoms with Crippen LogP contribution >= 0.6 is 0 Å². The Kier molecular flexibility index (Phi) is 5.45. The molecule has 1 aliphatic heterocycles. The van der Waals surface area contributed by atoms with Crippen LogP contribution in [0.15, 0.2) is 67.0 Å². The molecule has 0 bridgehead atoms. The minimum Gasteiger partial charge on any atom is -0.325 e. The number of hydrogen-bond donors (Lipinski definition) is 1. The molecule has 4 nitrogen and oxygen atoms in total. The van der Waals surface area contributed by atoms with E-state index in [0.29, 0.717) is 0 Å². The van der Waals surface area contributed by atoms with E-state index < -0.39 is 0 Å². The summed E-state index contributed by atoms with van der Waals surface area (Å²) in [5, 5.41) is 5.29. The highest BCUT2D eigenvalue weighted by Crippen LogP contribution is 2.23. The third-order valence-electron chi connectivity index (χ3n) is 5.32. The van der Waals surface area contributed by atoms with Crippen molar-refractivity contribution in [2.24, 2.45) is 0 Å². The maximum absolute atomic E-state index is 13.2. The molecule has 138 valence electrons. The van der Waals surface area contributed by atoms with Crippen LogP contribution in [0.1, 0.15) is 30.7 Å². The van der Waals surface area contributed by atoms with E-state index in [9.17, 15) is 4.79 Å². The molecule has 0 aliphatic carbocycles. The molecule has 27 heavy (non-hydrogen) atoms. The van der Waals surface area contributed by atoms with Crippen LogP contribution < -0.4 is 5.32 Å². The number of hydrogen-bond acceptors (Lipinski definition) is 3. The van der Waals surface area contributed by atoms with Gasteiger partial charge in [0.15, 0.2) is 0 Å². The highest BCUT2D eigenvalue weighted by molar-refractivity contribution is 5.98. The summed E-state index contributed by atoms with van der Waals surface area (Å²) in [4.78, 5) is 19.7. The zero-order valence-electron chi connectivity index (χ0n) is 15.5. The van der Waals surface area contributed by atoms with Gasteiger partial charge in [-0.3, -0.25) is 9.78 Å². The fourth-order valence-electron chi connectivity index (χ4n) is 3.82. The third-order valence-corrected chi connectivity index (χ3v) is 5.32. The Hall–Kier alpha value is -2.72. The smallest absolute Gasteiger partial charge is 0.233 e. The van der Waals surface area contributed by atoms with Crippen LogP contribution in [-0.2, 0) is 4.79 Å². The second-order valence-electron chi connectivity index (χ2n) is 7.25. The lowest BCUT2D eigenvalue weighted by Crippen LogP contribution is -2.37. The molecule has 0 saturated carbocycles. The van der Waals surface area contributed by atoms with Crippen molar-refractivity contribution in [2.75, 3.05) is 25.0 Å². The fraction of sp³-hybridized carbons (Fsp3) is 0.304. The number of carbonyl (C=O) groups excluding carboxylic acids is 1. The summed E-state index contributed by atoms with van der Waals surface area (Å²) in [5.41, 5.74) is 1.91. The number of fused-ring (bicyclic) bond motifs is 1. The van der Waals surface area contributed by atoms with Gasteiger partial charge in [0, 0.05) is 30.0 Å². The first kappa shape index (κ1) is 17.7. The average Bonchev–Trinajstić information content (AvgIpc) is 2.73. The quantitative estimate of drug-likeness (QED) is 0.732. The summed E-state index contributed by atoms with van der Waals surface area (Å²) in [6.45, 7) is 2.94. The van der Waals surface area contributed by atoms with Crippen molar-refractivity contribution in [2.45, 2.75) is 25.2 Å². The molecule has 1 amide bonds. The van der Waals surface area contributed by atoms with Gasteiger partial charge in [-0.1, -0.05) is 42.8 Å². The monoisotopic (exact) mass is 359 g/mol. The molecule has 4 rings (SSSR count). The van der Waals surface area contributed by atoms with Crippen molar-refractivity contribution in [1.82, 2.24) is 9.88 Å². The first-order valence-corrected chi connectivity index (χ1v) is 9.71. The topological polar surface area (TPSA) is 45.2 Å². The van der Waals surface area contributed by atoms with E-state index >= 15 is 0 Å². The van der Waals surface area contributed by atoms with E-state index in [-0.39, 0.29) is 11.8 Å². The Morgan fingerprint density at radius 3 is 2.63 bits per heavy atom. The van der Waals surface area contributed by atoms with Gasteiger partial charge in [0.2, 0.25) is 5.91 Å². The predicted molar refractivity (Wildman–Crippen MR) is 110 cm³/mol. The van der Waals surface area contributed by atoms with Crippen LogP contribution in [-0.4, -0.2) is 35.4 Å². The highest BCUT2D eigenvalue weighted by Gasteiger charge is 2.24. The number of nitrogens with one attached hydrogen (secondary N) is 1. The van der Waals surface area contributed by atoms with Gasteiger partial charge in [-0.25, -0.2) is 0 Å². The Morgan fingerprint density at radius 2 is 1.81 bits per heavy atom. The summed E-state index contributed by atoms with van der Waals surface area (Å²) in [6.07, 6.45) is 7.36. The summed E-state index contributed by atoms with van der Waals surface area (Å²) in [6, 6.07) is 18.1. The standard InChI is InChI=1S/C23H25N3O/c27-23(25-21-10-9-20-16-24-12-11-19(20)15-21)22(18-7-3-1-4-8-18)17-26-13-5-2-6-14-26/h1,3-4,7-12,15-16,22H,2,5-6,13-14,17H2,(H,25,27). The van der Waals surface area contributed by atoms with E-state index in [4.69, 9.17) is 0 Å². The first-order valence-electron chi connectivity index (χ1n) is 9.71. The number of benzene rings is 2. The number of anilines is 1. The first-order chi connectivity index (χ1) is 13.3. The number of aromatic nitrogens is 1. The van der Waals surface area contributed by atoms with Crippen LogP contribution in [0.5, 0.6) is 0 Å². The molecule has 0 spiro atoms. The summed E-state index contributed by atoms with van der Waals surface area (Å²) < 4.78 is 0. The fourth-order valence-corrected chi connectivity index (χ4v) is 3.82. The largest absolute Gasteiger partial charge is 0.325 e. The van der Waals surface area contributed by atoms with Crippen molar-refractivity contribution < 1.29 is 4.79 Å². The number of pyridine rings is 1. The van der Waals surface area contributed by atoms with Crippen LogP contribution in [0.2, 0.25) is 0 Å². The molecule has 2 heterocycles. The molecule has 1 N–H and O–H groups in total. The van der Waals surface area contributed by atoms with Gasteiger partial charge in [0.1, 0.15) is 0 Å². The number of piperidine rings is 1. The average molecular weight is 359 g/mol.